The van der Waals surface area contributed by atoms with E-state index in [9.17, 15) is 4.79 Å². The van der Waals surface area contributed by atoms with Crippen LogP contribution < -0.4 is 0 Å². The normalized spacial score (nSPS) is 16.3. The molecular weight excluding hydrogens is 350 g/mol. The van der Waals surface area contributed by atoms with Crippen LogP contribution in [-0.4, -0.2) is 36.8 Å². The Hall–Kier alpha value is -2.04. The monoisotopic (exact) mass is 373 g/mol. The first-order chi connectivity index (χ1) is 12.7. The van der Waals surface area contributed by atoms with Crippen LogP contribution in [0.15, 0.2) is 54.6 Å². The smallest absolute Gasteiger partial charge is 0.409 e. The number of nitrogens with zero attached hydrogens (tertiary/aromatic N) is 1. The van der Waals surface area contributed by atoms with Gasteiger partial charge in [0.2, 0.25) is 0 Å². The van der Waals surface area contributed by atoms with Gasteiger partial charge in [0.05, 0.1) is 12.7 Å². The number of ether oxygens (including phenoxy) is 2. The van der Waals surface area contributed by atoms with Crippen molar-refractivity contribution in [3.63, 3.8) is 0 Å². The minimum Gasteiger partial charge on any atom is -0.450 e. The van der Waals surface area contributed by atoms with E-state index >= 15 is 0 Å². The molecule has 3 rings (SSSR count). The quantitative estimate of drug-likeness (QED) is 0.734. The molecule has 1 saturated heterocycles. The van der Waals surface area contributed by atoms with Gasteiger partial charge in [0, 0.05) is 23.7 Å². The van der Waals surface area contributed by atoms with Crippen LogP contribution in [0.25, 0.3) is 0 Å². The molecule has 1 unspecified atom stereocenters. The lowest BCUT2D eigenvalue weighted by Gasteiger charge is -2.33. The van der Waals surface area contributed by atoms with Crippen molar-refractivity contribution in [2.45, 2.75) is 32.0 Å². The molecule has 1 amide bonds. The Balaban J connectivity index is 1.72. The van der Waals surface area contributed by atoms with Crippen molar-refractivity contribution in [3.05, 3.63) is 70.7 Å². The van der Waals surface area contributed by atoms with Gasteiger partial charge >= 0.3 is 6.09 Å². The maximum atomic E-state index is 11.9. The number of likely N-dealkylation sites (tertiary alicyclic amines) is 1. The lowest BCUT2D eigenvalue weighted by Crippen LogP contribution is -2.41. The van der Waals surface area contributed by atoms with Gasteiger partial charge in [-0.2, -0.15) is 0 Å². The summed E-state index contributed by atoms with van der Waals surface area (Å²) in [5.74, 6) is 0. The topological polar surface area (TPSA) is 38.8 Å². The summed E-state index contributed by atoms with van der Waals surface area (Å²) in [7, 11) is 0. The molecule has 4 nitrogen and oxygen atoms in total. The minimum atomic E-state index is -0.239. The van der Waals surface area contributed by atoms with Crippen LogP contribution >= 0.6 is 11.6 Å². The molecule has 0 bridgehead atoms. The third-order valence-corrected chi connectivity index (χ3v) is 4.93. The Morgan fingerprint density at radius 1 is 1.12 bits per heavy atom. The molecule has 5 heteroatoms. The number of amides is 1. The van der Waals surface area contributed by atoms with E-state index in [1.165, 1.54) is 0 Å². The van der Waals surface area contributed by atoms with Crippen molar-refractivity contribution in [2.75, 3.05) is 19.7 Å². The Kier molecular flexibility index (Phi) is 6.53. The molecule has 1 atom stereocenters. The van der Waals surface area contributed by atoms with Crippen LogP contribution in [0, 0.1) is 0 Å². The molecule has 26 heavy (non-hydrogen) atoms. The van der Waals surface area contributed by atoms with E-state index < -0.39 is 0 Å². The molecule has 1 aliphatic rings. The first kappa shape index (κ1) is 18.7. The Bertz CT molecular complexity index is 714. The zero-order chi connectivity index (χ0) is 18.4. The van der Waals surface area contributed by atoms with E-state index in [1.54, 1.807) is 4.90 Å². The van der Waals surface area contributed by atoms with Gasteiger partial charge in [0.1, 0.15) is 6.10 Å². The van der Waals surface area contributed by atoms with Gasteiger partial charge in [-0.3, -0.25) is 0 Å². The van der Waals surface area contributed by atoms with E-state index in [4.69, 9.17) is 21.1 Å². The molecule has 1 heterocycles. The first-order valence-electron chi connectivity index (χ1n) is 9.05. The average molecular weight is 374 g/mol. The van der Waals surface area contributed by atoms with E-state index in [1.807, 2.05) is 49.4 Å². The zero-order valence-corrected chi connectivity index (χ0v) is 15.7. The maximum Gasteiger partial charge on any atom is 0.409 e. The Labute approximate surface area is 159 Å². The third kappa shape index (κ3) is 4.57. The van der Waals surface area contributed by atoms with Crippen molar-refractivity contribution in [2.24, 2.45) is 0 Å². The summed E-state index contributed by atoms with van der Waals surface area (Å²) in [6.07, 6.45) is 1.18. The number of halogens is 1. The van der Waals surface area contributed by atoms with E-state index in [2.05, 4.69) is 12.1 Å². The summed E-state index contributed by atoms with van der Waals surface area (Å²) in [5.41, 5.74) is 2.04. The van der Waals surface area contributed by atoms with Crippen molar-refractivity contribution >= 4 is 17.7 Å². The fourth-order valence-electron chi connectivity index (χ4n) is 3.23. The summed E-state index contributed by atoms with van der Waals surface area (Å²) < 4.78 is 11.5. The number of benzene rings is 2. The molecule has 0 saturated carbocycles. The zero-order valence-electron chi connectivity index (χ0n) is 14.9. The Morgan fingerprint density at radius 2 is 1.77 bits per heavy atom. The highest BCUT2D eigenvalue weighted by atomic mass is 35.5. The fraction of sp³-hybridized carbons (Fsp3) is 0.381. The molecule has 0 spiro atoms. The predicted octanol–water partition coefficient (Wildman–Crippen LogP) is 5.07. The van der Waals surface area contributed by atoms with Crippen LogP contribution in [0.3, 0.4) is 0 Å². The third-order valence-electron chi connectivity index (χ3n) is 4.59. The number of hydrogen-bond acceptors (Lipinski definition) is 3. The standard InChI is InChI=1S/C21H24ClNO3/c1-2-25-21(24)23-14-12-17(13-15-23)26-20(16-8-4-3-5-9-16)18-10-6-7-11-19(18)22/h3-11,17,20H,2,12-15H2,1H3. The summed E-state index contributed by atoms with van der Waals surface area (Å²) in [6.45, 7) is 3.51. The first-order valence-corrected chi connectivity index (χ1v) is 9.43. The number of hydrogen-bond donors (Lipinski definition) is 0. The minimum absolute atomic E-state index is 0.0714. The van der Waals surface area contributed by atoms with E-state index in [0.29, 0.717) is 24.7 Å². The van der Waals surface area contributed by atoms with Crippen molar-refractivity contribution in [1.82, 2.24) is 4.90 Å². The van der Waals surface area contributed by atoms with Gasteiger partial charge in [-0.25, -0.2) is 4.79 Å². The highest BCUT2D eigenvalue weighted by Gasteiger charge is 2.28. The SMILES string of the molecule is CCOC(=O)N1CCC(OC(c2ccccc2)c2ccccc2Cl)CC1. The second-order valence-electron chi connectivity index (χ2n) is 6.33. The van der Waals surface area contributed by atoms with Gasteiger partial charge in [-0.1, -0.05) is 60.1 Å². The van der Waals surface area contributed by atoms with Crippen molar-refractivity contribution < 1.29 is 14.3 Å². The van der Waals surface area contributed by atoms with Crippen LogP contribution in [0.5, 0.6) is 0 Å². The highest BCUT2D eigenvalue weighted by molar-refractivity contribution is 6.31. The van der Waals surface area contributed by atoms with E-state index in [0.717, 1.165) is 24.0 Å². The van der Waals surface area contributed by atoms with Gasteiger partial charge in [0.25, 0.3) is 0 Å². The number of rotatable bonds is 5. The van der Waals surface area contributed by atoms with Crippen LogP contribution in [0.1, 0.15) is 37.0 Å². The van der Waals surface area contributed by atoms with Gasteiger partial charge in [0.15, 0.2) is 0 Å². The molecule has 0 aliphatic carbocycles. The summed E-state index contributed by atoms with van der Waals surface area (Å²) >= 11 is 6.44. The molecule has 2 aromatic carbocycles. The number of piperidine rings is 1. The molecule has 0 radical (unpaired) electrons. The second kappa shape index (κ2) is 9.06. The summed E-state index contributed by atoms with van der Waals surface area (Å²) in [4.78, 5) is 13.6. The number of carbonyl (C=O) groups excluding carboxylic acids is 1. The lowest BCUT2D eigenvalue weighted by molar-refractivity contribution is -0.0259. The summed E-state index contributed by atoms with van der Waals surface area (Å²) in [6, 6.07) is 17.9. The van der Waals surface area contributed by atoms with Gasteiger partial charge in [-0.05, 0) is 31.4 Å². The van der Waals surface area contributed by atoms with Gasteiger partial charge < -0.3 is 14.4 Å². The molecule has 2 aromatic rings. The predicted molar refractivity (Wildman–Crippen MR) is 102 cm³/mol. The molecule has 0 N–H and O–H groups in total. The average Bonchev–Trinajstić information content (AvgIpc) is 2.68. The highest BCUT2D eigenvalue weighted by Crippen LogP contribution is 2.34. The fourth-order valence-corrected chi connectivity index (χ4v) is 3.46. The van der Waals surface area contributed by atoms with Crippen LogP contribution in [0.2, 0.25) is 5.02 Å². The lowest BCUT2D eigenvalue weighted by atomic mass is 10.00. The molecular formula is C21H24ClNO3. The largest absolute Gasteiger partial charge is 0.450 e. The molecule has 0 aromatic heterocycles. The van der Waals surface area contributed by atoms with E-state index in [-0.39, 0.29) is 18.3 Å². The maximum absolute atomic E-state index is 11.9. The molecule has 138 valence electrons. The summed E-state index contributed by atoms with van der Waals surface area (Å²) in [5, 5.41) is 0.699. The van der Waals surface area contributed by atoms with Crippen LogP contribution in [-0.2, 0) is 9.47 Å². The Morgan fingerprint density at radius 3 is 2.42 bits per heavy atom. The second-order valence-corrected chi connectivity index (χ2v) is 6.74. The van der Waals surface area contributed by atoms with Crippen LogP contribution in [0.4, 0.5) is 4.79 Å². The van der Waals surface area contributed by atoms with Gasteiger partial charge in [-0.15, -0.1) is 0 Å². The number of carbonyl (C=O) groups is 1. The van der Waals surface area contributed by atoms with Crippen molar-refractivity contribution in [3.8, 4) is 0 Å². The van der Waals surface area contributed by atoms with Crippen molar-refractivity contribution in [1.29, 1.82) is 0 Å². The molecule has 1 fully saturated rings. The molecule has 1 aliphatic heterocycles.